The molecule has 5 heteroatoms. The van der Waals surface area contributed by atoms with Crippen LogP contribution in [0.1, 0.15) is 23.6 Å². The van der Waals surface area contributed by atoms with Gasteiger partial charge in [0.25, 0.3) is 0 Å². The second-order valence-corrected chi connectivity index (χ2v) is 6.15. The van der Waals surface area contributed by atoms with E-state index < -0.39 is 6.09 Å². The van der Waals surface area contributed by atoms with Crippen molar-refractivity contribution in [1.82, 2.24) is 4.98 Å². The maximum atomic E-state index is 11.3. The van der Waals surface area contributed by atoms with E-state index in [1.54, 1.807) is 0 Å². The molecule has 25 heavy (non-hydrogen) atoms. The van der Waals surface area contributed by atoms with Crippen molar-refractivity contribution in [1.29, 1.82) is 0 Å². The van der Waals surface area contributed by atoms with Gasteiger partial charge in [-0.2, -0.15) is 0 Å². The average Bonchev–Trinajstić information content (AvgIpc) is 3.05. The predicted molar refractivity (Wildman–Crippen MR) is 98.9 cm³/mol. The van der Waals surface area contributed by atoms with E-state index in [2.05, 4.69) is 39.6 Å². The zero-order chi connectivity index (χ0) is 17.2. The Hall–Kier alpha value is -3.08. The van der Waals surface area contributed by atoms with Crippen LogP contribution in [0.25, 0.3) is 10.9 Å². The number of carbonyl (C=O) groups is 1. The lowest BCUT2D eigenvalue weighted by Gasteiger charge is -2.15. The van der Waals surface area contributed by atoms with Crippen molar-refractivity contribution < 1.29 is 9.53 Å². The summed E-state index contributed by atoms with van der Waals surface area (Å²) in [6, 6.07) is 18.5. The standard InChI is InChI=1S/C20H19N3O2/c1-25-20(24)21-15-8-10-17-14(12-15)7-11-19(22-17)23-18-9-6-13-4-2-3-5-16(13)18/h2-5,7-8,10-12,18H,6,9H2,1H3,(H,21,24)(H,22,23)/t18-/m1/s1. The molecule has 0 bridgehead atoms. The smallest absolute Gasteiger partial charge is 0.411 e. The van der Waals surface area contributed by atoms with Crippen LogP contribution in [0.15, 0.2) is 54.6 Å². The molecule has 1 aliphatic carbocycles. The molecule has 1 heterocycles. The van der Waals surface area contributed by atoms with Crippen LogP contribution in [0.3, 0.4) is 0 Å². The molecule has 0 fully saturated rings. The number of amides is 1. The lowest BCUT2D eigenvalue weighted by Crippen LogP contribution is -2.10. The molecule has 2 aromatic carbocycles. The molecular formula is C20H19N3O2. The molecule has 1 aliphatic rings. The molecule has 1 atom stereocenters. The van der Waals surface area contributed by atoms with Crippen molar-refractivity contribution in [3.63, 3.8) is 0 Å². The lowest BCUT2D eigenvalue weighted by atomic mass is 10.1. The van der Waals surface area contributed by atoms with Crippen LogP contribution in [0.2, 0.25) is 0 Å². The van der Waals surface area contributed by atoms with Crippen molar-refractivity contribution >= 4 is 28.5 Å². The topological polar surface area (TPSA) is 63.2 Å². The second kappa shape index (κ2) is 6.43. The zero-order valence-electron chi connectivity index (χ0n) is 14.0. The maximum absolute atomic E-state index is 11.3. The fraction of sp³-hybridized carbons (Fsp3) is 0.200. The van der Waals surface area contributed by atoms with E-state index in [-0.39, 0.29) is 0 Å². The van der Waals surface area contributed by atoms with Crippen LogP contribution in [0, 0.1) is 0 Å². The van der Waals surface area contributed by atoms with Crippen LogP contribution in [-0.2, 0) is 11.2 Å². The first-order chi connectivity index (χ1) is 12.2. The van der Waals surface area contributed by atoms with E-state index in [1.165, 1.54) is 18.2 Å². The summed E-state index contributed by atoms with van der Waals surface area (Å²) in [6.45, 7) is 0. The normalized spacial score (nSPS) is 15.6. The van der Waals surface area contributed by atoms with E-state index in [9.17, 15) is 4.79 Å². The molecule has 0 radical (unpaired) electrons. The molecule has 0 saturated carbocycles. The number of fused-ring (bicyclic) bond motifs is 2. The van der Waals surface area contributed by atoms with Gasteiger partial charge < -0.3 is 10.1 Å². The number of rotatable bonds is 3. The minimum atomic E-state index is -0.481. The number of ether oxygens (including phenoxy) is 1. The number of benzene rings is 2. The Morgan fingerprint density at radius 3 is 2.92 bits per heavy atom. The summed E-state index contributed by atoms with van der Waals surface area (Å²) in [5, 5.41) is 7.17. The summed E-state index contributed by atoms with van der Waals surface area (Å²) >= 11 is 0. The molecule has 0 spiro atoms. The molecule has 1 aromatic heterocycles. The molecule has 0 saturated heterocycles. The van der Waals surface area contributed by atoms with Crippen molar-refractivity contribution in [3.05, 3.63) is 65.7 Å². The molecule has 3 aromatic rings. The van der Waals surface area contributed by atoms with Gasteiger partial charge in [0.2, 0.25) is 0 Å². The summed E-state index contributed by atoms with van der Waals surface area (Å²) in [5.41, 5.74) is 4.35. The largest absolute Gasteiger partial charge is 0.453 e. The van der Waals surface area contributed by atoms with Crippen LogP contribution < -0.4 is 10.6 Å². The van der Waals surface area contributed by atoms with Crippen LogP contribution in [0.4, 0.5) is 16.3 Å². The molecule has 4 rings (SSSR count). The Morgan fingerprint density at radius 2 is 2.04 bits per heavy atom. The van der Waals surface area contributed by atoms with E-state index in [0.717, 1.165) is 29.6 Å². The Kier molecular flexibility index (Phi) is 3.98. The van der Waals surface area contributed by atoms with Gasteiger partial charge in [-0.3, -0.25) is 5.32 Å². The number of hydrogen-bond acceptors (Lipinski definition) is 4. The quantitative estimate of drug-likeness (QED) is 0.740. The first kappa shape index (κ1) is 15.4. The van der Waals surface area contributed by atoms with Crippen molar-refractivity contribution in [3.8, 4) is 0 Å². The maximum Gasteiger partial charge on any atom is 0.411 e. The highest BCUT2D eigenvalue weighted by Gasteiger charge is 2.21. The molecule has 126 valence electrons. The van der Waals surface area contributed by atoms with Gasteiger partial charge in [0.15, 0.2) is 0 Å². The minimum absolute atomic E-state index is 0.307. The number of methoxy groups -OCH3 is 1. The minimum Gasteiger partial charge on any atom is -0.453 e. The molecule has 1 amide bonds. The van der Waals surface area contributed by atoms with Crippen molar-refractivity contribution in [2.75, 3.05) is 17.7 Å². The zero-order valence-corrected chi connectivity index (χ0v) is 14.0. The van der Waals surface area contributed by atoms with Crippen molar-refractivity contribution in [2.45, 2.75) is 18.9 Å². The van der Waals surface area contributed by atoms with E-state index >= 15 is 0 Å². The monoisotopic (exact) mass is 333 g/mol. The summed E-state index contributed by atoms with van der Waals surface area (Å²) < 4.78 is 4.61. The third kappa shape index (κ3) is 3.13. The van der Waals surface area contributed by atoms with Gasteiger partial charge in [0.05, 0.1) is 18.7 Å². The molecule has 0 aliphatic heterocycles. The highest BCUT2D eigenvalue weighted by atomic mass is 16.5. The van der Waals surface area contributed by atoms with Gasteiger partial charge in [0, 0.05) is 11.1 Å². The number of carbonyl (C=O) groups excluding carboxylic acids is 1. The van der Waals surface area contributed by atoms with Gasteiger partial charge in [-0.1, -0.05) is 24.3 Å². The highest BCUT2D eigenvalue weighted by Crippen LogP contribution is 2.33. The summed E-state index contributed by atoms with van der Waals surface area (Å²) in [7, 11) is 1.34. The van der Waals surface area contributed by atoms with Crippen LogP contribution in [-0.4, -0.2) is 18.2 Å². The SMILES string of the molecule is COC(=O)Nc1ccc2nc(N[C@@H]3CCc4ccccc43)ccc2c1. The van der Waals surface area contributed by atoms with Crippen molar-refractivity contribution in [2.24, 2.45) is 0 Å². The van der Waals surface area contributed by atoms with Gasteiger partial charge in [-0.15, -0.1) is 0 Å². The van der Waals surface area contributed by atoms with Gasteiger partial charge in [-0.05, 0) is 54.3 Å². The summed E-state index contributed by atoms with van der Waals surface area (Å²) in [6.07, 6.45) is 1.70. The third-order valence-electron chi connectivity index (χ3n) is 4.58. The Morgan fingerprint density at radius 1 is 1.16 bits per heavy atom. The Balaban J connectivity index is 1.56. The van der Waals surface area contributed by atoms with E-state index in [0.29, 0.717) is 11.7 Å². The number of aryl methyl sites for hydroxylation is 1. The van der Waals surface area contributed by atoms with Crippen LogP contribution >= 0.6 is 0 Å². The Labute approximate surface area is 146 Å². The molecule has 0 unspecified atom stereocenters. The Bertz CT molecular complexity index is 939. The number of nitrogens with one attached hydrogen (secondary N) is 2. The lowest BCUT2D eigenvalue weighted by molar-refractivity contribution is 0.187. The van der Waals surface area contributed by atoms with Gasteiger partial charge in [-0.25, -0.2) is 9.78 Å². The summed E-state index contributed by atoms with van der Waals surface area (Å²) in [5.74, 6) is 0.864. The molecule has 5 nitrogen and oxygen atoms in total. The number of aromatic nitrogens is 1. The first-order valence-corrected chi connectivity index (χ1v) is 8.33. The van der Waals surface area contributed by atoms with Gasteiger partial charge >= 0.3 is 6.09 Å². The number of pyridine rings is 1. The fourth-order valence-corrected chi connectivity index (χ4v) is 3.34. The van der Waals surface area contributed by atoms with Crippen LogP contribution in [0.5, 0.6) is 0 Å². The fourth-order valence-electron chi connectivity index (χ4n) is 3.34. The average molecular weight is 333 g/mol. The number of nitrogens with zero attached hydrogens (tertiary/aromatic N) is 1. The van der Waals surface area contributed by atoms with Gasteiger partial charge in [0.1, 0.15) is 5.82 Å². The highest BCUT2D eigenvalue weighted by molar-refractivity contribution is 5.90. The molecule has 2 N–H and O–H groups in total. The second-order valence-electron chi connectivity index (χ2n) is 6.15. The molecular weight excluding hydrogens is 314 g/mol. The first-order valence-electron chi connectivity index (χ1n) is 8.33. The number of hydrogen-bond donors (Lipinski definition) is 2. The van der Waals surface area contributed by atoms with E-state index in [1.807, 2.05) is 30.3 Å². The summed E-state index contributed by atoms with van der Waals surface area (Å²) in [4.78, 5) is 16.0. The van der Waals surface area contributed by atoms with E-state index in [4.69, 9.17) is 4.98 Å². The number of anilines is 2. The predicted octanol–water partition coefficient (Wildman–Crippen LogP) is 4.51. The third-order valence-corrected chi connectivity index (χ3v) is 4.58.